The fraction of sp³-hybridized carbons (Fsp3) is 0.667. The van der Waals surface area contributed by atoms with Crippen molar-refractivity contribution in [3.05, 3.63) is 29.6 Å². The lowest BCUT2D eigenvalue weighted by Crippen LogP contribution is -2.44. The van der Waals surface area contributed by atoms with Gasteiger partial charge in [0.05, 0.1) is 0 Å². The van der Waals surface area contributed by atoms with Gasteiger partial charge in [0.2, 0.25) is 11.8 Å². The van der Waals surface area contributed by atoms with Gasteiger partial charge in [0.25, 0.3) is 0 Å². The maximum absolute atomic E-state index is 12.9. The van der Waals surface area contributed by atoms with Gasteiger partial charge in [-0.15, -0.1) is 0 Å². The first-order valence-corrected chi connectivity index (χ1v) is 9.85. The largest absolute Gasteiger partial charge is 0.340 e. The average molecular weight is 357 g/mol. The van der Waals surface area contributed by atoms with E-state index in [1.54, 1.807) is 6.20 Å². The van der Waals surface area contributed by atoms with Crippen molar-refractivity contribution in [1.82, 2.24) is 14.8 Å². The number of amides is 2. The molecule has 0 N–H and O–H groups in total. The molecule has 26 heavy (non-hydrogen) atoms. The number of pyridine rings is 1. The van der Waals surface area contributed by atoms with Crippen LogP contribution >= 0.6 is 0 Å². The molecule has 2 amide bonds. The summed E-state index contributed by atoms with van der Waals surface area (Å²) in [6.45, 7) is 10.5. The van der Waals surface area contributed by atoms with E-state index in [9.17, 15) is 9.59 Å². The quantitative estimate of drug-likeness (QED) is 0.832. The number of aryl methyl sites for hydroxylation is 2. The van der Waals surface area contributed by atoms with Crippen molar-refractivity contribution >= 4 is 11.8 Å². The number of aromatic nitrogens is 1. The van der Waals surface area contributed by atoms with Gasteiger partial charge in [0.1, 0.15) is 0 Å². The third kappa shape index (κ3) is 4.25. The van der Waals surface area contributed by atoms with Gasteiger partial charge in [-0.1, -0.05) is 19.9 Å². The van der Waals surface area contributed by atoms with Crippen LogP contribution in [0.15, 0.2) is 18.3 Å². The van der Waals surface area contributed by atoms with Gasteiger partial charge in [0, 0.05) is 49.9 Å². The Bertz CT molecular complexity index is 675. The number of hydrogen-bond donors (Lipinski definition) is 0. The highest BCUT2D eigenvalue weighted by molar-refractivity contribution is 5.82. The minimum absolute atomic E-state index is 0.0651. The topological polar surface area (TPSA) is 53.5 Å². The Labute approximate surface area is 156 Å². The molecule has 3 rings (SSSR count). The summed E-state index contributed by atoms with van der Waals surface area (Å²) >= 11 is 0. The molecule has 1 saturated heterocycles. The van der Waals surface area contributed by atoms with Crippen molar-refractivity contribution in [1.29, 1.82) is 0 Å². The highest BCUT2D eigenvalue weighted by Gasteiger charge is 2.43. The summed E-state index contributed by atoms with van der Waals surface area (Å²) in [6.07, 6.45) is 3.95. The Kier molecular flexibility index (Phi) is 5.64. The number of hydrogen-bond acceptors (Lipinski definition) is 3. The molecule has 0 bridgehead atoms. The Hall–Kier alpha value is -1.91. The van der Waals surface area contributed by atoms with Crippen LogP contribution < -0.4 is 0 Å². The molecule has 0 aromatic carbocycles. The summed E-state index contributed by atoms with van der Waals surface area (Å²) in [4.78, 5) is 33.9. The van der Waals surface area contributed by atoms with Crippen LogP contribution in [0.3, 0.4) is 0 Å². The van der Waals surface area contributed by atoms with E-state index in [-0.39, 0.29) is 23.8 Å². The zero-order chi connectivity index (χ0) is 18.8. The van der Waals surface area contributed by atoms with Gasteiger partial charge in [0.15, 0.2) is 0 Å². The van der Waals surface area contributed by atoms with Crippen molar-refractivity contribution in [3.63, 3.8) is 0 Å². The molecule has 1 aliphatic carbocycles. The Morgan fingerprint density at radius 2 is 1.92 bits per heavy atom. The van der Waals surface area contributed by atoms with E-state index in [1.807, 2.05) is 28.9 Å². The van der Waals surface area contributed by atoms with E-state index in [4.69, 9.17) is 0 Å². The van der Waals surface area contributed by atoms with Crippen molar-refractivity contribution in [2.75, 3.05) is 19.6 Å². The van der Waals surface area contributed by atoms with E-state index in [2.05, 4.69) is 25.8 Å². The van der Waals surface area contributed by atoms with Crippen LogP contribution in [-0.2, 0) is 16.0 Å². The van der Waals surface area contributed by atoms with Gasteiger partial charge in [-0.3, -0.25) is 14.6 Å². The monoisotopic (exact) mass is 357 g/mol. The molecule has 2 aliphatic rings. The molecule has 142 valence electrons. The van der Waals surface area contributed by atoms with Crippen LogP contribution in [-0.4, -0.2) is 52.3 Å². The molecule has 0 spiro atoms. The van der Waals surface area contributed by atoms with Crippen molar-refractivity contribution in [2.24, 2.45) is 17.8 Å². The molecule has 2 fully saturated rings. The van der Waals surface area contributed by atoms with Crippen LogP contribution in [0.25, 0.3) is 0 Å². The highest BCUT2D eigenvalue weighted by Crippen LogP contribution is 2.39. The first-order valence-electron chi connectivity index (χ1n) is 9.85. The van der Waals surface area contributed by atoms with Crippen molar-refractivity contribution < 1.29 is 9.59 Å². The third-order valence-electron chi connectivity index (χ3n) is 5.81. The third-order valence-corrected chi connectivity index (χ3v) is 5.81. The maximum Gasteiger partial charge on any atom is 0.226 e. The lowest BCUT2D eigenvalue weighted by molar-refractivity contribution is -0.136. The number of nitrogens with zero attached hydrogens (tertiary/aromatic N) is 3. The SMILES string of the molecule is Cc1cccnc1CCC(=O)N1CC(C)CN(C(=O)[C@@H]2C[C@H]2C)CC1C. The van der Waals surface area contributed by atoms with E-state index < -0.39 is 0 Å². The zero-order valence-electron chi connectivity index (χ0n) is 16.4. The molecule has 5 nitrogen and oxygen atoms in total. The number of rotatable bonds is 4. The minimum atomic E-state index is 0.0651. The minimum Gasteiger partial charge on any atom is -0.340 e. The number of carbonyl (C=O) groups is 2. The second-order valence-electron chi connectivity index (χ2n) is 8.33. The molecule has 4 atom stereocenters. The highest BCUT2D eigenvalue weighted by atomic mass is 16.2. The predicted octanol–water partition coefficient (Wildman–Crippen LogP) is 2.67. The molecular formula is C21H31N3O2. The molecule has 0 radical (unpaired) electrons. The molecule has 2 heterocycles. The summed E-state index contributed by atoms with van der Waals surface area (Å²) in [5, 5.41) is 0. The molecular weight excluding hydrogens is 326 g/mol. The average Bonchev–Trinajstić information content (AvgIpc) is 3.35. The Morgan fingerprint density at radius 1 is 1.19 bits per heavy atom. The van der Waals surface area contributed by atoms with Gasteiger partial charge >= 0.3 is 0 Å². The van der Waals surface area contributed by atoms with Crippen molar-refractivity contribution in [2.45, 2.75) is 53.0 Å². The summed E-state index contributed by atoms with van der Waals surface area (Å²) in [7, 11) is 0. The number of carbonyl (C=O) groups excluding carboxylic acids is 2. The fourth-order valence-electron chi connectivity index (χ4n) is 4.02. The van der Waals surface area contributed by atoms with Gasteiger partial charge < -0.3 is 9.80 Å². The molecule has 1 aliphatic heterocycles. The fourth-order valence-corrected chi connectivity index (χ4v) is 4.02. The first kappa shape index (κ1) is 18.9. The predicted molar refractivity (Wildman–Crippen MR) is 101 cm³/mol. The molecule has 5 heteroatoms. The molecule has 1 aromatic heterocycles. The van der Waals surface area contributed by atoms with Crippen LogP contribution in [0.5, 0.6) is 0 Å². The second-order valence-corrected chi connectivity index (χ2v) is 8.33. The maximum atomic E-state index is 12.9. The van der Waals surface area contributed by atoms with Crippen LogP contribution in [0, 0.1) is 24.7 Å². The lowest BCUT2D eigenvalue weighted by atomic mass is 10.1. The second kappa shape index (κ2) is 7.77. The molecule has 1 aromatic rings. The lowest BCUT2D eigenvalue weighted by Gasteiger charge is -2.29. The van der Waals surface area contributed by atoms with Crippen LogP contribution in [0.2, 0.25) is 0 Å². The van der Waals surface area contributed by atoms with E-state index in [1.165, 1.54) is 0 Å². The smallest absolute Gasteiger partial charge is 0.226 e. The Balaban J connectivity index is 1.61. The first-order chi connectivity index (χ1) is 12.4. The molecule has 1 saturated carbocycles. The van der Waals surface area contributed by atoms with Gasteiger partial charge in [-0.25, -0.2) is 0 Å². The van der Waals surface area contributed by atoms with Crippen LogP contribution in [0.1, 0.15) is 44.9 Å². The van der Waals surface area contributed by atoms with E-state index in [0.29, 0.717) is 31.2 Å². The van der Waals surface area contributed by atoms with Gasteiger partial charge in [-0.2, -0.15) is 0 Å². The molecule has 2 unspecified atom stereocenters. The van der Waals surface area contributed by atoms with E-state index in [0.717, 1.165) is 30.8 Å². The zero-order valence-corrected chi connectivity index (χ0v) is 16.4. The van der Waals surface area contributed by atoms with E-state index >= 15 is 0 Å². The summed E-state index contributed by atoms with van der Waals surface area (Å²) in [5.41, 5.74) is 2.13. The van der Waals surface area contributed by atoms with Crippen LogP contribution in [0.4, 0.5) is 0 Å². The van der Waals surface area contributed by atoms with Gasteiger partial charge in [-0.05, 0) is 50.2 Å². The summed E-state index contributed by atoms with van der Waals surface area (Å²) in [6, 6.07) is 4.02. The van der Waals surface area contributed by atoms with Crippen molar-refractivity contribution in [3.8, 4) is 0 Å². The summed E-state index contributed by atoms with van der Waals surface area (Å²) < 4.78 is 0. The normalized spacial score (nSPS) is 28.6. The summed E-state index contributed by atoms with van der Waals surface area (Å²) in [5.74, 6) is 1.50. The Morgan fingerprint density at radius 3 is 2.58 bits per heavy atom. The standard InChI is InChI=1S/C21H31N3O2/c1-14-11-23(21(26)18-10-16(18)3)13-17(4)24(12-14)20(25)8-7-19-15(2)6-5-9-22-19/h5-6,9,14,16-18H,7-8,10-13H2,1-4H3/t14?,16-,17?,18-/m1/s1.